The van der Waals surface area contributed by atoms with Gasteiger partial charge < -0.3 is 20.1 Å². The number of anilines is 1. The topological polar surface area (TPSA) is 76.7 Å². The van der Waals surface area contributed by atoms with Gasteiger partial charge in [0.2, 0.25) is 5.91 Å². The van der Waals surface area contributed by atoms with Gasteiger partial charge in [-0.2, -0.15) is 26.3 Å². The Hall–Kier alpha value is -3.44. The standard InChI is InChI=1S/C20H18F6N2O4/c1-11-3-4-16(31-2)15(5-11)28-17(29)9-27-18(30)10-32-14-7-12(19(21,22)23)6-13(8-14)20(24,25)26/h3-8H,9-10H2,1-2H3,(H,27,30)(H,28,29). The van der Waals surface area contributed by atoms with Crippen molar-refractivity contribution in [3.8, 4) is 11.5 Å². The number of amides is 2. The molecule has 0 saturated heterocycles. The number of methoxy groups -OCH3 is 1. The van der Waals surface area contributed by atoms with E-state index in [-0.39, 0.29) is 6.07 Å². The summed E-state index contributed by atoms with van der Waals surface area (Å²) in [7, 11) is 1.40. The number of benzene rings is 2. The summed E-state index contributed by atoms with van der Waals surface area (Å²) < 4.78 is 87.0. The molecule has 0 aliphatic carbocycles. The Morgan fingerprint density at radius 3 is 2.03 bits per heavy atom. The largest absolute Gasteiger partial charge is 0.495 e. The molecule has 174 valence electrons. The minimum Gasteiger partial charge on any atom is -0.495 e. The molecule has 2 amide bonds. The van der Waals surface area contributed by atoms with Gasteiger partial charge in [0, 0.05) is 0 Å². The van der Waals surface area contributed by atoms with E-state index in [4.69, 9.17) is 9.47 Å². The molecule has 32 heavy (non-hydrogen) atoms. The normalized spacial score (nSPS) is 11.6. The van der Waals surface area contributed by atoms with Crippen molar-refractivity contribution in [3.63, 3.8) is 0 Å². The fraction of sp³-hybridized carbons (Fsp3) is 0.300. The van der Waals surface area contributed by atoms with Crippen LogP contribution >= 0.6 is 0 Å². The van der Waals surface area contributed by atoms with E-state index in [1.54, 1.807) is 25.1 Å². The summed E-state index contributed by atoms with van der Waals surface area (Å²) in [5.74, 6) is -1.98. The maximum atomic E-state index is 12.8. The molecule has 0 aliphatic rings. The summed E-state index contributed by atoms with van der Waals surface area (Å²) in [6, 6.07) is 5.65. The highest BCUT2D eigenvalue weighted by Gasteiger charge is 2.37. The fourth-order valence-corrected chi connectivity index (χ4v) is 2.50. The Kier molecular flexibility index (Phi) is 7.60. The second-order valence-electron chi connectivity index (χ2n) is 6.56. The third kappa shape index (κ3) is 7.06. The first-order valence-electron chi connectivity index (χ1n) is 8.93. The average Bonchev–Trinajstić information content (AvgIpc) is 2.69. The molecule has 0 saturated carbocycles. The minimum absolute atomic E-state index is 0.0587. The molecule has 0 heterocycles. The van der Waals surface area contributed by atoms with E-state index >= 15 is 0 Å². The summed E-state index contributed by atoms with van der Waals surface area (Å²) in [6.07, 6.45) is -10.1. The van der Waals surface area contributed by atoms with E-state index in [0.29, 0.717) is 23.6 Å². The van der Waals surface area contributed by atoms with E-state index in [9.17, 15) is 35.9 Å². The van der Waals surface area contributed by atoms with Crippen molar-refractivity contribution in [1.29, 1.82) is 0 Å². The lowest BCUT2D eigenvalue weighted by atomic mass is 10.1. The van der Waals surface area contributed by atoms with E-state index in [2.05, 4.69) is 10.6 Å². The Morgan fingerprint density at radius 1 is 0.906 bits per heavy atom. The minimum atomic E-state index is -5.05. The van der Waals surface area contributed by atoms with E-state index in [1.807, 2.05) is 0 Å². The third-order valence-corrected chi connectivity index (χ3v) is 4.01. The van der Waals surface area contributed by atoms with Crippen molar-refractivity contribution in [2.75, 3.05) is 25.6 Å². The smallest absolute Gasteiger partial charge is 0.416 e. The zero-order valence-electron chi connectivity index (χ0n) is 16.8. The number of halogens is 6. The summed E-state index contributed by atoms with van der Waals surface area (Å²) in [5, 5.41) is 4.66. The molecule has 0 aromatic heterocycles. The summed E-state index contributed by atoms with van der Waals surface area (Å²) in [5.41, 5.74) is -1.96. The zero-order valence-corrected chi connectivity index (χ0v) is 16.8. The number of ether oxygens (including phenoxy) is 2. The summed E-state index contributed by atoms with van der Waals surface area (Å²) in [4.78, 5) is 23.8. The molecule has 2 rings (SSSR count). The molecule has 2 aromatic rings. The Balaban J connectivity index is 1.97. The highest BCUT2D eigenvalue weighted by Crippen LogP contribution is 2.38. The SMILES string of the molecule is COc1ccc(C)cc1NC(=O)CNC(=O)COc1cc(C(F)(F)F)cc(C(F)(F)F)c1. The van der Waals surface area contributed by atoms with Gasteiger partial charge in [-0.25, -0.2) is 0 Å². The van der Waals surface area contributed by atoms with E-state index < -0.39 is 54.2 Å². The van der Waals surface area contributed by atoms with Crippen molar-refractivity contribution in [2.24, 2.45) is 0 Å². The predicted octanol–water partition coefficient (Wildman–Crippen LogP) is 4.17. The van der Waals surface area contributed by atoms with Gasteiger partial charge in [-0.1, -0.05) is 6.07 Å². The van der Waals surface area contributed by atoms with Crippen LogP contribution in [0.15, 0.2) is 36.4 Å². The van der Waals surface area contributed by atoms with Crippen molar-refractivity contribution < 1.29 is 45.4 Å². The number of nitrogens with one attached hydrogen (secondary N) is 2. The summed E-state index contributed by atoms with van der Waals surface area (Å²) >= 11 is 0. The van der Waals surface area contributed by atoms with Crippen LogP contribution in [0.5, 0.6) is 11.5 Å². The van der Waals surface area contributed by atoms with Crippen LogP contribution < -0.4 is 20.1 Å². The van der Waals surface area contributed by atoms with Crippen LogP contribution in [-0.2, 0) is 21.9 Å². The lowest BCUT2D eigenvalue weighted by Gasteiger charge is -2.15. The van der Waals surface area contributed by atoms with Gasteiger partial charge in [-0.15, -0.1) is 0 Å². The third-order valence-electron chi connectivity index (χ3n) is 4.01. The molecule has 0 radical (unpaired) electrons. The number of carbonyl (C=O) groups is 2. The van der Waals surface area contributed by atoms with Gasteiger partial charge in [0.05, 0.1) is 30.5 Å². The molecule has 0 spiro atoms. The Morgan fingerprint density at radius 2 is 1.50 bits per heavy atom. The van der Waals surface area contributed by atoms with Gasteiger partial charge in [0.15, 0.2) is 6.61 Å². The Bertz CT molecular complexity index is 957. The van der Waals surface area contributed by atoms with Crippen LogP contribution in [0.3, 0.4) is 0 Å². The van der Waals surface area contributed by atoms with Gasteiger partial charge >= 0.3 is 12.4 Å². The molecule has 12 heteroatoms. The number of alkyl halides is 6. The van der Waals surface area contributed by atoms with Gasteiger partial charge in [0.1, 0.15) is 11.5 Å². The molecule has 0 bridgehead atoms. The first kappa shape index (κ1) is 24.8. The first-order chi connectivity index (χ1) is 14.8. The number of carbonyl (C=O) groups excluding carboxylic acids is 2. The van der Waals surface area contributed by atoms with Crippen molar-refractivity contribution in [1.82, 2.24) is 5.32 Å². The number of aryl methyl sites for hydroxylation is 1. The van der Waals surface area contributed by atoms with E-state index in [0.717, 1.165) is 5.56 Å². The quantitative estimate of drug-likeness (QED) is 0.603. The number of hydrogen-bond donors (Lipinski definition) is 2. The molecule has 0 unspecified atom stereocenters. The molecule has 6 nitrogen and oxygen atoms in total. The lowest BCUT2D eigenvalue weighted by Crippen LogP contribution is -2.35. The molecular weight excluding hydrogens is 446 g/mol. The maximum Gasteiger partial charge on any atom is 0.416 e. The zero-order chi connectivity index (χ0) is 24.1. The van der Waals surface area contributed by atoms with Crippen LogP contribution in [-0.4, -0.2) is 32.1 Å². The molecule has 2 aromatic carbocycles. The van der Waals surface area contributed by atoms with Crippen molar-refractivity contribution >= 4 is 17.5 Å². The van der Waals surface area contributed by atoms with E-state index in [1.165, 1.54) is 7.11 Å². The molecule has 0 fully saturated rings. The average molecular weight is 464 g/mol. The molecule has 2 N–H and O–H groups in total. The van der Waals surface area contributed by atoms with Crippen LogP contribution in [0, 0.1) is 6.92 Å². The monoisotopic (exact) mass is 464 g/mol. The maximum absolute atomic E-state index is 12.8. The first-order valence-corrected chi connectivity index (χ1v) is 8.93. The van der Waals surface area contributed by atoms with Crippen LogP contribution in [0.1, 0.15) is 16.7 Å². The number of hydrogen-bond acceptors (Lipinski definition) is 4. The fourth-order valence-electron chi connectivity index (χ4n) is 2.50. The van der Waals surface area contributed by atoms with Gasteiger partial charge in [-0.3, -0.25) is 9.59 Å². The van der Waals surface area contributed by atoms with Crippen molar-refractivity contribution in [3.05, 3.63) is 53.1 Å². The number of rotatable bonds is 7. The molecule has 0 aliphatic heterocycles. The highest BCUT2D eigenvalue weighted by molar-refractivity contribution is 5.95. The van der Waals surface area contributed by atoms with Gasteiger partial charge in [-0.05, 0) is 42.8 Å². The van der Waals surface area contributed by atoms with Crippen LogP contribution in [0.4, 0.5) is 32.0 Å². The Labute approximate surface area is 178 Å². The molecule has 0 atom stereocenters. The van der Waals surface area contributed by atoms with Crippen LogP contribution in [0.2, 0.25) is 0 Å². The second-order valence-corrected chi connectivity index (χ2v) is 6.56. The molecular formula is C20H18F6N2O4. The second kappa shape index (κ2) is 9.79. The van der Waals surface area contributed by atoms with Gasteiger partial charge in [0.25, 0.3) is 5.91 Å². The van der Waals surface area contributed by atoms with Crippen molar-refractivity contribution in [2.45, 2.75) is 19.3 Å². The lowest BCUT2D eigenvalue weighted by molar-refractivity contribution is -0.143. The highest BCUT2D eigenvalue weighted by atomic mass is 19.4. The predicted molar refractivity (Wildman–Crippen MR) is 101 cm³/mol. The summed E-state index contributed by atoms with van der Waals surface area (Å²) in [6.45, 7) is 0.363. The van der Waals surface area contributed by atoms with Crippen LogP contribution in [0.25, 0.3) is 0 Å².